The first-order chi connectivity index (χ1) is 9.95. The second-order valence-corrected chi connectivity index (χ2v) is 9.17. The first-order valence-corrected chi connectivity index (χ1v) is 9.27. The van der Waals surface area contributed by atoms with Crippen LogP contribution in [0.1, 0.15) is 71.6 Å². The van der Waals surface area contributed by atoms with Gasteiger partial charge in [0.05, 0.1) is 6.10 Å². The van der Waals surface area contributed by atoms with Crippen molar-refractivity contribution in [1.82, 2.24) is 0 Å². The molecule has 4 saturated carbocycles. The zero-order valence-electron chi connectivity index (χ0n) is 13.7. The lowest BCUT2D eigenvalue weighted by molar-refractivity contribution is -0.128. The van der Waals surface area contributed by atoms with Gasteiger partial charge < -0.3 is 5.11 Å². The smallest absolute Gasteiger partial charge is 0.100 e. The second kappa shape index (κ2) is 4.69. The molecule has 0 heterocycles. The van der Waals surface area contributed by atoms with Crippen LogP contribution < -0.4 is 0 Å². The summed E-state index contributed by atoms with van der Waals surface area (Å²) in [6, 6.07) is 0. The predicted molar refractivity (Wildman–Crippen MR) is 82.6 cm³/mol. The summed E-state index contributed by atoms with van der Waals surface area (Å²) in [6.07, 6.45) is 9.35. The summed E-state index contributed by atoms with van der Waals surface area (Å²) in [4.78, 5) is 0. The van der Waals surface area contributed by atoms with Crippen LogP contribution in [0.3, 0.4) is 0 Å². The van der Waals surface area contributed by atoms with Crippen molar-refractivity contribution in [3.8, 4) is 0 Å². The number of rotatable bonds is 0. The van der Waals surface area contributed by atoms with Crippen molar-refractivity contribution in [1.29, 1.82) is 0 Å². The number of aliphatic hydroxyl groups excluding tert-OH is 1. The SMILES string of the molecule is CC12CCC3C(CC[C@H]4CC(F)CCC34C)C1CCC2O. The summed E-state index contributed by atoms with van der Waals surface area (Å²) < 4.78 is 13.8. The second-order valence-electron chi connectivity index (χ2n) is 9.17. The molecule has 4 aliphatic rings. The van der Waals surface area contributed by atoms with Crippen molar-refractivity contribution >= 4 is 0 Å². The van der Waals surface area contributed by atoms with Crippen LogP contribution in [-0.4, -0.2) is 17.4 Å². The van der Waals surface area contributed by atoms with Crippen molar-refractivity contribution < 1.29 is 9.50 Å². The lowest BCUT2D eigenvalue weighted by Gasteiger charge is -2.60. The van der Waals surface area contributed by atoms with E-state index < -0.39 is 6.17 Å². The van der Waals surface area contributed by atoms with Gasteiger partial charge in [0, 0.05) is 0 Å². The van der Waals surface area contributed by atoms with Crippen LogP contribution in [0, 0.1) is 34.5 Å². The quantitative estimate of drug-likeness (QED) is 0.685. The van der Waals surface area contributed by atoms with Crippen LogP contribution in [0.2, 0.25) is 0 Å². The van der Waals surface area contributed by atoms with Gasteiger partial charge in [-0.15, -0.1) is 0 Å². The monoisotopic (exact) mass is 294 g/mol. The summed E-state index contributed by atoms with van der Waals surface area (Å²) in [5.74, 6) is 2.95. The van der Waals surface area contributed by atoms with E-state index in [1.165, 1.54) is 32.1 Å². The number of hydrogen-bond acceptors (Lipinski definition) is 1. The maximum atomic E-state index is 13.8. The number of halogens is 1. The van der Waals surface area contributed by atoms with Crippen LogP contribution in [-0.2, 0) is 0 Å². The third-order valence-corrected chi connectivity index (χ3v) is 8.55. The Morgan fingerprint density at radius 2 is 1.57 bits per heavy atom. The van der Waals surface area contributed by atoms with Gasteiger partial charge in [-0.25, -0.2) is 4.39 Å². The van der Waals surface area contributed by atoms with E-state index in [2.05, 4.69) is 13.8 Å². The third-order valence-electron chi connectivity index (χ3n) is 8.55. The van der Waals surface area contributed by atoms with Gasteiger partial charge in [-0.3, -0.25) is 0 Å². The predicted octanol–water partition coefficient (Wildman–Crippen LogP) is 4.73. The molecular formula is C19H31FO. The molecule has 4 fully saturated rings. The zero-order valence-corrected chi connectivity index (χ0v) is 13.7. The fourth-order valence-corrected chi connectivity index (χ4v) is 7.18. The summed E-state index contributed by atoms with van der Waals surface area (Å²) in [5.41, 5.74) is 0.571. The molecule has 0 aromatic heterocycles. The van der Waals surface area contributed by atoms with Gasteiger partial charge in [0.1, 0.15) is 6.17 Å². The van der Waals surface area contributed by atoms with Gasteiger partial charge in [-0.1, -0.05) is 13.8 Å². The lowest BCUT2D eigenvalue weighted by Crippen LogP contribution is -2.54. The highest BCUT2D eigenvalue weighted by Gasteiger charge is 2.60. The molecule has 0 aromatic rings. The molecular weight excluding hydrogens is 263 g/mol. The van der Waals surface area contributed by atoms with Gasteiger partial charge >= 0.3 is 0 Å². The van der Waals surface area contributed by atoms with Crippen molar-refractivity contribution in [2.24, 2.45) is 34.5 Å². The summed E-state index contributed by atoms with van der Waals surface area (Å²) in [6.45, 7) is 4.83. The Bertz CT molecular complexity index is 424. The summed E-state index contributed by atoms with van der Waals surface area (Å²) in [7, 11) is 0. The number of hydrogen-bond donors (Lipinski definition) is 1. The van der Waals surface area contributed by atoms with Crippen molar-refractivity contribution in [2.75, 3.05) is 0 Å². The molecule has 4 rings (SSSR count). The van der Waals surface area contributed by atoms with Gasteiger partial charge in [0.25, 0.3) is 0 Å². The molecule has 2 heteroatoms. The van der Waals surface area contributed by atoms with E-state index in [1.807, 2.05) is 0 Å². The maximum absolute atomic E-state index is 13.8. The average molecular weight is 294 g/mol. The molecule has 1 nitrogen and oxygen atoms in total. The van der Waals surface area contributed by atoms with E-state index in [0.29, 0.717) is 11.3 Å². The minimum atomic E-state index is -0.540. The van der Waals surface area contributed by atoms with Gasteiger partial charge in [0.15, 0.2) is 0 Å². The summed E-state index contributed by atoms with van der Waals surface area (Å²) in [5, 5.41) is 10.5. The summed E-state index contributed by atoms with van der Waals surface area (Å²) >= 11 is 0. The van der Waals surface area contributed by atoms with Crippen LogP contribution in [0.5, 0.6) is 0 Å². The molecule has 0 aromatic carbocycles. The molecule has 120 valence electrons. The van der Waals surface area contributed by atoms with Gasteiger partial charge in [-0.2, -0.15) is 0 Å². The van der Waals surface area contributed by atoms with Crippen LogP contribution in [0.15, 0.2) is 0 Å². The highest BCUT2D eigenvalue weighted by atomic mass is 19.1. The van der Waals surface area contributed by atoms with E-state index in [4.69, 9.17) is 0 Å². The molecule has 1 N–H and O–H groups in total. The van der Waals surface area contributed by atoms with Crippen molar-refractivity contribution in [2.45, 2.75) is 83.9 Å². The molecule has 4 aliphatic carbocycles. The zero-order chi connectivity index (χ0) is 14.8. The minimum absolute atomic E-state index is 0.0736. The van der Waals surface area contributed by atoms with Crippen molar-refractivity contribution in [3.63, 3.8) is 0 Å². The lowest BCUT2D eigenvalue weighted by atomic mass is 9.45. The molecule has 0 bridgehead atoms. The molecule has 21 heavy (non-hydrogen) atoms. The highest BCUT2D eigenvalue weighted by molar-refractivity contribution is 5.09. The van der Waals surface area contributed by atoms with E-state index >= 15 is 0 Å². The first kappa shape index (κ1) is 14.5. The average Bonchev–Trinajstić information content (AvgIpc) is 2.76. The first-order valence-electron chi connectivity index (χ1n) is 9.27. The molecule has 8 atom stereocenters. The Hall–Kier alpha value is -0.110. The Morgan fingerprint density at radius 1 is 0.857 bits per heavy atom. The third kappa shape index (κ3) is 1.90. The molecule has 0 amide bonds. The van der Waals surface area contributed by atoms with E-state index in [0.717, 1.165) is 43.4 Å². The molecule has 0 spiro atoms. The van der Waals surface area contributed by atoms with E-state index in [-0.39, 0.29) is 11.5 Å². The van der Waals surface area contributed by atoms with Gasteiger partial charge in [0.2, 0.25) is 0 Å². The Balaban J connectivity index is 1.62. The van der Waals surface area contributed by atoms with Crippen LogP contribution in [0.25, 0.3) is 0 Å². The fraction of sp³-hybridized carbons (Fsp3) is 1.00. The number of alkyl halides is 1. The van der Waals surface area contributed by atoms with Gasteiger partial charge in [-0.05, 0) is 92.3 Å². The van der Waals surface area contributed by atoms with Crippen LogP contribution >= 0.6 is 0 Å². The van der Waals surface area contributed by atoms with E-state index in [9.17, 15) is 9.50 Å². The molecule has 7 unspecified atom stereocenters. The van der Waals surface area contributed by atoms with E-state index in [1.54, 1.807) is 0 Å². The highest BCUT2D eigenvalue weighted by Crippen LogP contribution is 2.66. The Morgan fingerprint density at radius 3 is 2.38 bits per heavy atom. The topological polar surface area (TPSA) is 20.2 Å². The Kier molecular flexibility index (Phi) is 3.24. The largest absolute Gasteiger partial charge is 0.393 e. The minimum Gasteiger partial charge on any atom is -0.393 e. The number of fused-ring (bicyclic) bond motifs is 5. The maximum Gasteiger partial charge on any atom is 0.100 e. The molecule has 0 saturated heterocycles. The fourth-order valence-electron chi connectivity index (χ4n) is 7.18. The number of aliphatic hydroxyl groups is 1. The van der Waals surface area contributed by atoms with Crippen molar-refractivity contribution in [3.05, 3.63) is 0 Å². The standard InChI is InChI=1S/C19H31FO/c1-18-9-7-13(20)11-12(18)3-4-14-15-5-6-17(21)19(15,2)10-8-16(14)18/h12-17,21H,3-11H2,1-2H3/t12-,13?,14?,15?,16?,17?,18?,19?/m0/s1. The van der Waals surface area contributed by atoms with Crippen LogP contribution in [0.4, 0.5) is 4.39 Å². The Labute approximate surface area is 128 Å². The normalized spacial score (nSPS) is 60.0. The molecule has 0 aliphatic heterocycles. The molecule has 0 radical (unpaired) electrons.